The van der Waals surface area contributed by atoms with Crippen molar-refractivity contribution < 1.29 is 14.4 Å². The number of carboxylic acid groups (broad SMARTS) is 1. The SMILES string of the molecule is O=C(O)c1ccc(-c2cn3[nH]c4nccnc4[n+]3c2)cc1. The third kappa shape index (κ3) is 1.75. The van der Waals surface area contributed by atoms with Gasteiger partial charge in [0.15, 0.2) is 0 Å². The lowest BCUT2D eigenvalue weighted by molar-refractivity contribution is -0.594. The maximum absolute atomic E-state index is 10.9. The number of aromatic carboxylic acids is 1. The first-order chi connectivity index (χ1) is 10.2. The second-order valence-electron chi connectivity index (χ2n) is 4.63. The van der Waals surface area contributed by atoms with Crippen molar-refractivity contribution in [2.24, 2.45) is 0 Å². The molecule has 3 heterocycles. The zero-order chi connectivity index (χ0) is 14.4. The molecule has 3 aromatic heterocycles. The third-order valence-corrected chi connectivity index (χ3v) is 3.34. The summed E-state index contributed by atoms with van der Waals surface area (Å²) in [7, 11) is 0. The van der Waals surface area contributed by atoms with Crippen molar-refractivity contribution >= 4 is 17.3 Å². The van der Waals surface area contributed by atoms with E-state index in [1.54, 1.807) is 41.3 Å². The van der Waals surface area contributed by atoms with Gasteiger partial charge in [-0.15, -0.1) is 9.50 Å². The number of H-pyrrole nitrogens is 1. The fourth-order valence-corrected chi connectivity index (χ4v) is 2.31. The van der Waals surface area contributed by atoms with Gasteiger partial charge in [-0.2, -0.15) is 5.10 Å². The van der Waals surface area contributed by atoms with Crippen LogP contribution in [0.2, 0.25) is 0 Å². The lowest BCUT2D eigenvalue weighted by Gasteiger charge is -1.97. The summed E-state index contributed by atoms with van der Waals surface area (Å²) in [5.41, 5.74) is 3.58. The van der Waals surface area contributed by atoms with E-state index in [0.29, 0.717) is 5.65 Å². The molecule has 0 atom stereocenters. The Morgan fingerprint density at radius 2 is 1.90 bits per heavy atom. The topological polar surface area (TPSA) is 87.4 Å². The summed E-state index contributed by atoms with van der Waals surface area (Å²) >= 11 is 0. The van der Waals surface area contributed by atoms with E-state index in [0.717, 1.165) is 16.8 Å². The van der Waals surface area contributed by atoms with E-state index in [2.05, 4.69) is 15.1 Å². The van der Waals surface area contributed by atoms with Gasteiger partial charge >= 0.3 is 11.6 Å². The van der Waals surface area contributed by atoms with Crippen LogP contribution >= 0.6 is 0 Å². The quantitative estimate of drug-likeness (QED) is 0.539. The highest BCUT2D eigenvalue weighted by molar-refractivity contribution is 5.88. The summed E-state index contributed by atoms with van der Waals surface area (Å²) in [5, 5.41) is 12.0. The maximum Gasteiger partial charge on any atom is 0.346 e. The number of nitrogens with zero attached hydrogens (tertiary/aromatic N) is 4. The molecular formula is C14H10N5O2+. The predicted molar refractivity (Wildman–Crippen MR) is 72.9 cm³/mol. The fourth-order valence-electron chi connectivity index (χ4n) is 2.31. The molecule has 7 heteroatoms. The average molecular weight is 280 g/mol. The second-order valence-corrected chi connectivity index (χ2v) is 4.63. The highest BCUT2D eigenvalue weighted by Gasteiger charge is 2.15. The summed E-state index contributed by atoms with van der Waals surface area (Å²) in [5.74, 6) is -0.929. The van der Waals surface area contributed by atoms with Gasteiger partial charge in [0.1, 0.15) is 12.4 Å². The monoisotopic (exact) mass is 280 g/mol. The molecule has 0 radical (unpaired) electrons. The molecule has 0 fully saturated rings. The van der Waals surface area contributed by atoms with Crippen molar-refractivity contribution in [1.29, 1.82) is 0 Å². The van der Waals surface area contributed by atoms with Gasteiger partial charge in [0, 0.05) is 5.56 Å². The number of hydrogen-bond donors (Lipinski definition) is 2. The molecule has 0 amide bonds. The van der Waals surface area contributed by atoms with Crippen molar-refractivity contribution in [1.82, 2.24) is 19.7 Å². The molecule has 0 aliphatic carbocycles. The first-order valence-electron chi connectivity index (χ1n) is 6.29. The zero-order valence-corrected chi connectivity index (χ0v) is 10.8. The van der Waals surface area contributed by atoms with Gasteiger partial charge in [0.05, 0.1) is 18.0 Å². The molecule has 0 bridgehead atoms. The normalized spacial score (nSPS) is 11.2. The zero-order valence-electron chi connectivity index (χ0n) is 10.8. The molecule has 21 heavy (non-hydrogen) atoms. The van der Waals surface area contributed by atoms with E-state index >= 15 is 0 Å². The minimum absolute atomic E-state index is 0.271. The van der Waals surface area contributed by atoms with Crippen molar-refractivity contribution in [3.8, 4) is 11.1 Å². The fraction of sp³-hybridized carbons (Fsp3) is 0. The van der Waals surface area contributed by atoms with Gasteiger partial charge in [-0.3, -0.25) is 0 Å². The second kappa shape index (κ2) is 4.14. The first kappa shape index (κ1) is 11.6. The Kier molecular flexibility index (Phi) is 2.28. The van der Waals surface area contributed by atoms with Crippen molar-refractivity contribution in [2.75, 3.05) is 0 Å². The van der Waals surface area contributed by atoms with Crippen LogP contribution < -0.4 is 4.52 Å². The maximum atomic E-state index is 10.9. The standard InChI is InChI=1S/C14H9N5O2/c20-14(21)10-3-1-9(2-4-10)11-7-18-13-12(15-5-6-16-13)17-19(18)8-11/h1-8H,(H-,15,17,20,21)/p+1. The molecule has 0 unspecified atom stereocenters. The number of hydrogen-bond acceptors (Lipinski definition) is 3. The Hall–Kier alpha value is -3.22. The summed E-state index contributed by atoms with van der Waals surface area (Å²) < 4.78 is 3.63. The lowest BCUT2D eigenvalue weighted by atomic mass is 10.1. The Bertz CT molecular complexity index is 968. The van der Waals surface area contributed by atoms with Gasteiger partial charge < -0.3 is 5.11 Å². The van der Waals surface area contributed by atoms with Gasteiger partial charge in [-0.25, -0.2) is 9.78 Å². The van der Waals surface area contributed by atoms with Gasteiger partial charge in [-0.1, -0.05) is 16.8 Å². The van der Waals surface area contributed by atoms with E-state index in [1.165, 1.54) is 0 Å². The van der Waals surface area contributed by atoms with Crippen molar-refractivity contribution in [2.45, 2.75) is 0 Å². The highest BCUT2D eigenvalue weighted by Crippen LogP contribution is 2.18. The van der Waals surface area contributed by atoms with Crippen molar-refractivity contribution in [3.05, 3.63) is 54.6 Å². The van der Waals surface area contributed by atoms with Crippen LogP contribution in [0.4, 0.5) is 0 Å². The number of fused-ring (bicyclic) bond motifs is 3. The molecule has 1 aromatic carbocycles. The molecule has 102 valence electrons. The third-order valence-electron chi connectivity index (χ3n) is 3.34. The van der Waals surface area contributed by atoms with E-state index in [1.807, 2.05) is 16.9 Å². The molecule has 0 spiro atoms. The average Bonchev–Trinajstić information content (AvgIpc) is 3.05. The number of benzene rings is 1. The Labute approximate surface area is 118 Å². The number of aromatic amines is 1. The number of nitrogens with one attached hydrogen (secondary N) is 1. The van der Waals surface area contributed by atoms with Gasteiger partial charge in [0.25, 0.3) is 5.65 Å². The van der Waals surface area contributed by atoms with Gasteiger partial charge in [-0.05, 0) is 17.7 Å². The van der Waals surface area contributed by atoms with E-state index in [4.69, 9.17) is 5.11 Å². The van der Waals surface area contributed by atoms with Crippen LogP contribution in [0.5, 0.6) is 0 Å². The van der Waals surface area contributed by atoms with Crippen LogP contribution in [-0.4, -0.2) is 30.8 Å². The van der Waals surface area contributed by atoms with Crippen LogP contribution in [0.15, 0.2) is 49.1 Å². The summed E-state index contributed by atoms with van der Waals surface area (Å²) in [6.45, 7) is 0. The van der Waals surface area contributed by atoms with E-state index in [-0.39, 0.29) is 5.56 Å². The number of aromatic nitrogens is 5. The molecule has 4 rings (SSSR count). The molecule has 0 aliphatic rings. The highest BCUT2D eigenvalue weighted by atomic mass is 16.4. The smallest absolute Gasteiger partial charge is 0.346 e. The van der Waals surface area contributed by atoms with Crippen molar-refractivity contribution in [3.63, 3.8) is 0 Å². The molecule has 0 saturated heterocycles. The van der Waals surface area contributed by atoms with Gasteiger partial charge in [0.2, 0.25) is 0 Å². The minimum atomic E-state index is -0.929. The summed E-state index contributed by atoms with van der Waals surface area (Å²) in [4.78, 5) is 19.3. The predicted octanol–water partition coefficient (Wildman–Crippen LogP) is 1.16. The van der Waals surface area contributed by atoms with Crippen LogP contribution in [-0.2, 0) is 0 Å². The first-order valence-corrected chi connectivity index (χ1v) is 6.29. The van der Waals surface area contributed by atoms with Crippen LogP contribution in [0, 0.1) is 0 Å². The lowest BCUT2D eigenvalue weighted by Crippen LogP contribution is -2.24. The molecule has 4 aromatic rings. The summed E-state index contributed by atoms with van der Waals surface area (Å²) in [6.07, 6.45) is 7.09. The molecule has 7 nitrogen and oxygen atoms in total. The molecule has 0 aliphatic heterocycles. The minimum Gasteiger partial charge on any atom is -0.478 e. The van der Waals surface area contributed by atoms with Crippen LogP contribution in [0.25, 0.3) is 22.4 Å². The van der Waals surface area contributed by atoms with E-state index < -0.39 is 5.97 Å². The van der Waals surface area contributed by atoms with E-state index in [9.17, 15) is 4.79 Å². The Morgan fingerprint density at radius 1 is 1.14 bits per heavy atom. The summed E-state index contributed by atoms with van der Waals surface area (Å²) in [6, 6.07) is 6.75. The number of rotatable bonds is 2. The molecular weight excluding hydrogens is 270 g/mol. The number of carbonyl (C=O) groups is 1. The largest absolute Gasteiger partial charge is 0.478 e. The number of carboxylic acids is 1. The van der Waals surface area contributed by atoms with Crippen LogP contribution in [0.3, 0.4) is 0 Å². The van der Waals surface area contributed by atoms with Crippen LogP contribution in [0.1, 0.15) is 10.4 Å². The molecule has 2 N–H and O–H groups in total. The molecule has 0 saturated carbocycles. The Balaban J connectivity index is 1.85. The Morgan fingerprint density at radius 3 is 2.67 bits per heavy atom.